The van der Waals surface area contributed by atoms with Crippen LogP contribution in [0.1, 0.15) is 97.3 Å². The van der Waals surface area contributed by atoms with Gasteiger partial charge in [0.2, 0.25) is 0 Å². The number of rotatable bonds is 42. The van der Waals surface area contributed by atoms with Crippen LogP contribution in [0.5, 0.6) is 0 Å². The molecule has 13 nitrogen and oxygen atoms in total. The predicted octanol–water partition coefficient (Wildman–Crippen LogP) is 0.813. The monoisotopic (exact) mass is 746 g/mol. The highest BCUT2D eigenvalue weighted by atomic mass is 15.2. The van der Waals surface area contributed by atoms with Crippen molar-refractivity contribution in [2.24, 2.45) is 34.4 Å². The van der Waals surface area contributed by atoms with Crippen LogP contribution in [0.4, 0.5) is 0 Å². The fourth-order valence-electron chi connectivity index (χ4n) is 6.17. The van der Waals surface area contributed by atoms with Crippen LogP contribution in [0, 0.1) is 0 Å². The second-order valence-corrected chi connectivity index (χ2v) is 14.2. The zero-order chi connectivity index (χ0) is 38.6. The molecule has 15 N–H and O–H groups in total. The summed E-state index contributed by atoms with van der Waals surface area (Å²) in [6.45, 7) is 28.0. The summed E-state index contributed by atoms with van der Waals surface area (Å²) in [7, 11) is 0. The van der Waals surface area contributed by atoms with E-state index in [1.165, 1.54) is 51.5 Å². The van der Waals surface area contributed by atoms with Gasteiger partial charge in [0, 0.05) is 65.4 Å². The maximum Gasteiger partial charge on any atom is 0.0110 e. The van der Waals surface area contributed by atoms with Gasteiger partial charge in [-0.2, -0.15) is 0 Å². The molecule has 0 rings (SSSR count). The van der Waals surface area contributed by atoms with Gasteiger partial charge >= 0.3 is 0 Å². The summed E-state index contributed by atoms with van der Waals surface area (Å²) in [6, 6.07) is 0. The molecule has 0 aliphatic heterocycles. The minimum atomic E-state index is 0.683. The maximum absolute atomic E-state index is 5.83. The fraction of sp³-hybridized carbons (Fsp3) is 1.00. The number of hydrogen-bond donors (Lipinski definition) is 9. The lowest BCUT2D eigenvalue weighted by Crippen LogP contribution is -2.43. The lowest BCUT2D eigenvalue weighted by Gasteiger charge is -2.30. The van der Waals surface area contributed by atoms with E-state index in [-0.39, 0.29) is 0 Å². The van der Waals surface area contributed by atoms with Gasteiger partial charge in [0.15, 0.2) is 0 Å². The zero-order valence-electron chi connectivity index (χ0n) is 34.9. The first-order valence-electron chi connectivity index (χ1n) is 21.8. The summed E-state index contributed by atoms with van der Waals surface area (Å²) in [5, 5.41) is 10.4. The number of nitrogens with one attached hydrogen (secondary N) is 3. The van der Waals surface area contributed by atoms with Gasteiger partial charge in [0.1, 0.15) is 0 Å². The van der Waals surface area contributed by atoms with Crippen LogP contribution in [0.25, 0.3) is 0 Å². The summed E-state index contributed by atoms with van der Waals surface area (Å²) in [5.41, 5.74) is 34.5. The molecule has 0 aromatic rings. The number of hydrogen-bond acceptors (Lipinski definition) is 13. The van der Waals surface area contributed by atoms with Crippen molar-refractivity contribution in [2.75, 3.05) is 157 Å². The van der Waals surface area contributed by atoms with E-state index in [4.69, 9.17) is 34.4 Å². The minimum Gasteiger partial charge on any atom is -0.330 e. The number of nitrogens with two attached hydrogens (primary N) is 6. The Morgan fingerprint density at radius 3 is 1.21 bits per heavy atom. The van der Waals surface area contributed by atoms with E-state index in [1.807, 2.05) is 0 Å². The van der Waals surface area contributed by atoms with Gasteiger partial charge in [-0.3, -0.25) is 0 Å². The molecule has 316 valence electrons. The summed E-state index contributed by atoms with van der Waals surface area (Å²) >= 11 is 0. The highest BCUT2D eigenvalue weighted by molar-refractivity contribution is 4.70. The molecule has 13 heteroatoms. The van der Waals surface area contributed by atoms with E-state index in [1.54, 1.807) is 0 Å². The molecule has 0 aromatic heterocycles. The smallest absolute Gasteiger partial charge is 0.0110 e. The molecule has 0 aromatic carbocycles. The third-order valence-corrected chi connectivity index (χ3v) is 9.41. The SMILES string of the molecule is CCCCCNCC.NCCCCCCCN(CCN(CCCN)CCCN)CCN(CCCNCCCN(CCN)CCCN)CCNCCN. The molecule has 0 heterocycles. The lowest BCUT2D eigenvalue weighted by atomic mass is 10.1. The molecular formula is C39H95N13. The second kappa shape index (κ2) is 46.6. The maximum atomic E-state index is 5.83. The average Bonchev–Trinajstić information content (AvgIpc) is 3.16. The van der Waals surface area contributed by atoms with Gasteiger partial charge in [-0.1, -0.05) is 46.0 Å². The fourth-order valence-corrected chi connectivity index (χ4v) is 6.17. The lowest BCUT2D eigenvalue weighted by molar-refractivity contribution is 0.171. The molecule has 0 saturated heterocycles. The highest BCUT2D eigenvalue weighted by Gasteiger charge is 2.12. The van der Waals surface area contributed by atoms with Gasteiger partial charge in [-0.05, 0) is 143 Å². The molecule has 0 spiro atoms. The Morgan fingerprint density at radius 1 is 0.288 bits per heavy atom. The van der Waals surface area contributed by atoms with Gasteiger partial charge in [-0.25, -0.2) is 0 Å². The van der Waals surface area contributed by atoms with Crippen LogP contribution >= 0.6 is 0 Å². The van der Waals surface area contributed by atoms with Gasteiger partial charge < -0.3 is 70.0 Å². The molecule has 0 amide bonds. The first-order valence-corrected chi connectivity index (χ1v) is 21.8. The van der Waals surface area contributed by atoms with Crippen molar-refractivity contribution in [1.29, 1.82) is 0 Å². The topological polar surface area (TPSA) is 205 Å². The predicted molar refractivity (Wildman–Crippen MR) is 230 cm³/mol. The van der Waals surface area contributed by atoms with Crippen molar-refractivity contribution in [2.45, 2.75) is 97.3 Å². The Bertz CT molecular complexity index is 621. The van der Waals surface area contributed by atoms with Gasteiger partial charge in [0.05, 0.1) is 0 Å². The Balaban J connectivity index is 0. The normalized spacial score (nSPS) is 11.8. The molecule has 0 unspecified atom stereocenters. The summed E-state index contributed by atoms with van der Waals surface area (Å²) < 4.78 is 0. The molecule has 0 radical (unpaired) electrons. The van der Waals surface area contributed by atoms with Crippen LogP contribution in [0.2, 0.25) is 0 Å². The van der Waals surface area contributed by atoms with Gasteiger partial charge in [-0.15, -0.1) is 0 Å². The van der Waals surface area contributed by atoms with Crippen LogP contribution in [0.3, 0.4) is 0 Å². The van der Waals surface area contributed by atoms with Crippen molar-refractivity contribution in [3.05, 3.63) is 0 Å². The largest absolute Gasteiger partial charge is 0.330 e. The Hall–Kier alpha value is -0.520. The Kier molecular flexibility index (Phi) is 48.1. The third kappa shape index (κ3) is 40.7. The molecule has 0 atom stereocenters. The number of nitrogens with zero attached hydrogens (tertiary/aromatic N) is 4. The van der Waals surface area contributed by atoms with E-state index < -0.39 is 0 Å². The molecule has 0 fully saturated rings. The van der Waals surface area contributed by atoms with Crippen molar-refractivity contribution in [3.8, 4) is 0 Å². The zero-order valence-corrected chi connectivity index (χ0v) is 34.9. The Morgan fingerprint density at radius 2 is 0.712 bits per heavy atom. The van der Waals surface area contributed by atoms with Crippen molar-refractivity contribution >= 4 is 0 Å². The first-order chi connectivity index (χ1) is 25.6. The summed E-state index contributed by atoms with van der Waals surface area (Å²) in [4.78, 5) is 10.3. The van der Waals surface area contributed by atoms with E-state index in [0.29, 0.717) is 13.1 Å². The molecule has 0 aliphatic rings. The number of unbranched alkanes of at least 4 members (excludes halogenated alkanes) is 6. The molecule has 0 saturated carbocycles. The van der Waals surface area contributed by atoms with Gasteiger partial charge in [0.25, 0.3) is 0 Å². The second-order valence-electron chi connectivity index (χ2n) is 14.2. The average molecular weight is 746 g/mol. The van der Waals surface area contributed by atoms with E-state index >= 15 is 0 Å². The highest BCUT2D eigenvalue weighted by Crippen LogP contribution is 2.06. The van der Waals surface area contributed by atoms with Crippen LogP contribution in [0.15, 0.2) is 0 Å². The molecule has 52 heavy (non-hydrogen) atoms. The molecule has 0 aliphatic carbocycles. The van der Waals surface area contributed by atoms with Crippen LogP contribution in [-0.4, -0.2) is 177 Å². The standard InChI is InChI=1S/C32H78N12.C7H17N/c33-11-4-2-1-3-5-21-44(31-29-42(23-7-13-35)24-8-14-36)32-30-43(28-20-40-19-15-37)26-10-18-39-17-9-25-41(27-16-38)22-6-12-34;1-3-5-6-7-8-4-2/h39-40H,1-38H2;8H,3-7H2,1-2H3. The van der Waals surface area contributed by atoms with Crippen LogP contribution < -0.4 is 50.4 Å². The Labute approximate surface area is 323 Å². The quantitative estimate of drug-likeness (QED) is 0.0398. The van der Waals surface area contributed by atoms with E-state index in [9.17, 15) is 0 Å². The van der Waals surface area contributed by atoms with Crippen molar-refractivity contribution in [3.63, 3.8) is 0 Å². The first kappa shape index (κ1) is 53.6. The van der Waals surface area contributed by atoms with Crippen LogP contribution in [-0.2, 0) is 0 Å². The summed E-state index contributed by atoms with van der Waals surface area (Å²) in [6.07, 6.45) is 15.7. The van der Waals surface area contributed by atoms with Crippen molar-refractivity contribution < 1.29 is 0 Å². The van der Waals surface area contributed by atoms with E-state index in [0.717, 1.165) is 176 Å². The third-order valence-electron chi connectivity index (χ3n) is 9.41. The van der Waals surface area contributed by atoms with Crippen molar-refractivity contribution in [1.82, 2.24) is 35.6 Å². The summed E-state index contributed by atoms with van der Waals surface area (Å²) in [5.74, 6) is 0. The minimum absolute atomic E-state index is 0.683. The molecule has 0 bridgehead atoms. The van der Waals surface area contributed by atoms with E-state index in [2.05, 4.69) is 49.4 Å². The molecular weight excluding hydrogens is 651 g/mol.